The third-order valence-electron chi connectivity index (χ3n) is 2.96. The molecule has 3 heteroatoms. The molecule has 0 unspecified atom stereocenters. The van der Waals surface area contributed by atoms with Crippen LogP contribution in [0.2, 0.25) is 0 Å². The molecule has 0 spiro atoms. The lowest BCUT2D eigenvalue weighted by Gasteiger charge is -2.16. The van der Waals surface area contributed by atoms with Gasteiger partial charge in [0.05, 0.1) is 0 Å². The summed E-state index contributed by atoms with van der Waals surface area (Å²) >= 11 is 0. The maximum Gasteiger partial charge on any atom is 0.316 e. The van der Waals surface area contributed by atoms with Crippen LogP contribution in [0.4, 0.5) is 4.79 Å². The van der Waals surface area contributed by atoms with Gasteiger partial charge in [0, 0.05) is 20.6 Å². The van der Waals surface area contributed by atoms with E-state index in [2.05, 4.69) is 43.4 Å². The molecule has 0 radical (unpaired) electrons. The molecule has 100 valence electrons. The molecule has 0 heterocycles. The second-order valence-corrected chi connectivity index (χ2v) is 5.14. The maximum atomic E-state index is 11.3. The van der Waals surface area contributed by atoms with Gasteiger partial charge in [-0.05, 0) is 29.9 Å². The zero-order chi connectivity index (χ0) is 13.5. The molecule has 0 saturated carbocycles. The smallest absolute Gasteiger partial charge is 0.316 e. The zero-order valence-electron chi connectivity index (χ0n) is 11.9. The van der Waals surface area contributed by atoms with Gasteiger partial charge in [0.2, 0.25) is 0 Å². The van der Waals surface area contributed by atoms with Gasteiger partial charge in [0.1, 0.15) is 0 Å². The lowest BCUT2D eigenvalue weighted by Crippen LogP contribution is -2.36. The van der Waals surface area contributed by atoms with Crippen LogP contribution >= 0.6 is 0 Å². The van der Waals surface area contributed by atoms with Crippen molar-refractivity contribution in [2.45, 2.75) is 26.7 Å². The number of carbonyl (C=O) groups excluding carboxylic acids is 1. The molecule has 0 aliphatic heterocycles. The molecule has 0 bridgehead atoms. The molecule has 1 aromatic carbocycles. The van der Waals surface area contributed by atoms with Gasteiger partial charge in [-0.2, -0.15) is 0 Å². The van der Waals surface area contributed by atoms with Crippen LogP contribution in [0.3, 0.4) is 0 Å². The average Bonchev–Trinajstić information content (AvgIpc) is 2.36. The summed E-state index contributed by atoms with van der Waals surface area (Å²) in [6, 6.07) is 8.67. The normalized spacial score (nSPS) is 10.5. The average molecular weight is 248 g/mol. The van der Waals surface area contributed by atoms with Crippen molar-refractivity contribution in [3.05, 3.63) is 35.4 Å². The first-order valence-corrected chi connectivity index (χ1v) is 6.53. The minimum absolute atomic E-state index is 0.0357. The van der Waals surface area contributed by atoms with E-state index in [1.54, 1.807) is 11.9 Å². The lowest BCUT2D eigenvalue weighted by molar-refractivity contribution is 0.211. The van der Waals surface area contributed by atoms with Crippen LogP contribution in [0.25, 0.3) is 0 Å². The van der Waals surface area contributed by atoms with Crippen molar-refractivity contribution in [2.75, 3.05) is 20.6 Å². The first-order valence-electron chi connectivity index (χ1n) is 6.53. The number of benzene rings is 1. The van der Waals surface area contributed by atoms with Crippen molar-refractivity contribution in [1.29, 1.82) is 0 Å². The van der Waals surface area contributed by atoms with Gasteiger partial charge >= 0.3 is 6.03 Å². The summed E-state index contributed by atoms with van der Waals surface area (Å²) in [5.74, 6) is 0.690. The largest absolute Gasteiger partial charge is 0.341 e. The minimum atomic E-state index is -0.0357. The Hall–Kier alpha value is -1.51. The number of nitrogens with zero attached hydrogens (tertiary/aromatic N) is 1. The van der Waals surface area contributed by atoms with Gasteiger partial charge in [0.15, 0.2) is 0 Å². The standard InChI is InChI=1S/C15H24N2O/c1-12(2)11-14-7-5-13(6-8-14)9-10-17(4)15(18)16-3/h5-8,12H,9-11H2,1-4H3,(H,16,18). The summed E-state index contributed by atoms with van der Waals surface area (Å²) in [4.78, 5) is 13.0. The summed E-state index contributed by atoms with van der Waals surface area (Å²) in [6.07, 6.45) is 2.02. The Morgan fingerprint density at radius 1 is 1.22 bits per heavy atom. The molecule has 0 aliphatic carbocycles. The molecule has 2 amide bonds. The summed E-state index contributed by atoms with van der Waals surface area (Å²) in [5.41, 5.74) is 2.66. The fourth-order valence-electron chi connectivity index (χ4n) is 1.90. The number of amides is 2. The van der Waals surface area contributed by atoms with Gasteiger partial charge in [0.25, 0.3) is 0 Å². The van der Waals surface area contributed by atoms with Gasteiger partial charge < -0.3 is 10.2 Å². The molecule has 1 rings (SSSR count). The van der Waals surface area contributed by atoms with Gasteiger partial charge in [-0.15, -0.1) is 0 Å². The van der Waals surface area contributed by atoms with Crippen molar-refractivity contribution in [1.82, 2.24) is 10.2 Å². The second-order valence-electron chi connectivity index (χ2n) is 5.14. The van der Waals surface area contributed by atoms with E-state index >= 15 is 0 Å². The Kier molecular flexibility index (Phi) is 5.69. The monoisotopic (exact) mass is 248 g/mol. The third-order valence-corrected chi connectivity index (χ3v) is 2.96. The van der Waals surface area contributed by atoms with Crippen molar-refractivity contribution >= 4 is 6.03 Å². The maximum absolute atomic E-state index is 11.3. The number of likely N-dealkylation sites (N-methyl/N-ethyl adjacent to an activating group) is 1. The summed E-state index contributed by atoms with van der Waals surface area (Å²) in [5, 5.41) is 2.62. The first-order chi connectivity index (χ1) is 8.52. The molecule has 0 aliphatic rings. The fourth-order valence-corrected chi connectivity index (χ4v) is 1.90. The molecular formula is C15H24N2O. The SMILES string of the molecule is CNC(=O)N(C)CCc1ccc(CC(C)C)cc1. The Labute approximate surface area is 110 Å². The van der Waals surface area contributed by atoms with Crippen LogP contribution in [-0.2, 0) is 12.8 Å². The third kappa shape index (κ3) is 4.78. The number of carbonyl (C=O) groups is 1. The van der Waals surface area contributed by atoms with E-state index in [0.29, 0.717) is 5.92 Å². The van der Waals surface area contributed by atoms with E-state index in [0.717, 1.165) is 19.4 Å². The minimum Gasteiger partial charge on any atom is -0.341 e. The van der Waals surface area contributed by atoms with Gasteiger partial charge in [-0.3, -0.25) is 0 Å². The second kappa shape index (κ2) is 7.04. The first kappa shape index (κ1) is 14.6. The molecule has 18 heavy (non-hydrogen) atoms. The molecule has 0 atom stereocenters. The Bertz CT molecular complexity index is 371. The molecular weight excluding hydrogens is 224 g/mol. The van der Waals surface area contributed by atoms with Crippen molar-refractivity contribution in [3.63, 3.8) is 0 Å². The van der Waals surface area contributed by atoms with E-state index in [9.17, 15) is 4.79 Å². The van der Waals surface area contributed by atoms with E-state index in [-0.39, 0.29) is 6.03 Å². The molecule has 0 saturated heterocycles. The Morgan fingerprint density at radius 3 is 2.28 bits per heavy atom. The van der Waals surface area contributed by atoms with E-state index in [1.807, 2.05) is 7.05 Å². The highest BCUT2D eigenvalue weighted by Crippen LogP contribution is 2.10. The highest BCUT2D eigenvalue weighted by Gasteiger charge is 2.05. The predicted octanol–water partition coefficient (Wildman–Crippen LogP) is 2.70. The summed E-state index contributed by atoms with van der Waals surface area (Å²) < 4.78 is 0. The quantitative estimate of drug-likeness (QED) is 0.853. The van der Waals surface area contributed by atoms with E-state index in [1.165, 1.54) is 11.1 Å². The zero-order valence-corrected chi connectivity index (χ0v) is 11.9. The Balaban J connectivity index is 2.46. The lowest BCUT2D eigenvalue weighted by atomic mass is 10.0. The summed E-state index contributed by atoms with van der Waals surface area (Å²) in [7, 11) is 3.46. The number of rotatable bonds is 5. The van der Waals surface area contributed by atoms with Crippen LogP contribution in [-0.4, -0.2) is 31.6 Å². The van der Waals surface area contributed by atoms with Gasteiger partial charge in [-0.25, -0.2) is 4.79 Å². The molecule has 0 fully saturated rings. The number of urea groups is 1. The van der Waals surface area contributed by atoms with Crippen molar-refractivity contribution < 1.29 is 4.79 Å². The summed E-state index contributed by atoms with van der Waals surface area (Å²) in [6.45, 7) is 5.20. The molecule has 3 nitrogen and oxygen atoms in total. The van der Waals surface area contributed by atoms with E-state index < -0.39 is 0 Å². The van der Waals surface area contributed by atoms with Crippen LogP contribution in [0.1, 0.15) is 25.0 Å². The van der Waals surface area contributed by atoms with E-state index in [4.69, 9.17) is 0 Å². The van der Waals surface area contributed by atoms with Crippen LogP contribution in [0.5, 0.6) is 0 Å². The molecule has 1 N–H and O–H groups in total. The number of nitrogens with one attached hydrogen (secondary N) is 1. The topological polar surface area (TPSA) is 32.3 Å². The van der Waals surface area contributed by atoms with Crippen LogP contribution < -0.4 is 5.32 Å². The molecule has 0 aromatic heterocycles. The van der Waals surface area contributed by atoms with Crippen LogP contribution in [0, 0.1) is 5.92 Å². The highest BCUT2D eigenvalue weighted by molar-refractivity contribution is 5.73. The predicted molar refractivity (Wildman–Crippen MR) is 75.8 cm³/mol. The number of hydrogen-bond acceptors (Lipinski definition) is 1. The van der Waals surface area contributed by atoms with Crippen LogP contribution in [0.15, 0.2) is 24.3 Å². The van der Waals surface area contributed by atoms with Gasteiger partial charge in [-0.1, -0.05) is 38.1 Å². The Morgan fingerprint density at radius 2 is 1.78 bits per heavy atom. The number of hydrogen-bond donors (Lipinski definition) is 1. The highest BCUT2D eigenvalue weighted by atomic mass is 16.2. The fraction of sp³-hybridized carbons (Fsp3) is 0.533. The molecule has 1 aromatic rings. The van der Waals surface area contributed by atoms with Crippen molar-refractivity contribution in [2.24, 2.45) is 5.92 Å². The van der Waals surface area contributed by atoms with Crippen molar-refractivity contribution in [3.8, 4) is 0 Å².